The number of hydrogen-bond donors (Lipinski definition) is 1. The van der Waals surface area contributed by atoms with E-state index in [9.17, 15) is 19.2 Å². The third-order valence-corrected chi connectivity index (χ3v) is 5.52. The lowest BCUT2D eigenvalue weighted by Crippen LogP contribution is -2.54. The second kappa shape index (κ2) is 9.40. The summed E-state index contributed by atoms with van der Waals surface area (Å²) >= 11 is 12.1. The quantitative estimate of drug-likeness (QED) is 0.453. The average molecular weight is 483 g/mol. The van der Waals surface area contributed by atoms with Crippen molar-refractivity contribution in [3.05, 3.63) is 94.2 Å². The molecule has 0 spiro atoms. The largest absolute Gasteiger partial charge is 0.274 e. The number of carbonyl (C=O) groups excluding carboxylic acids is 4. The van der Waals surface area contributed by atoms with Gasteiger partial charge in [-0.3, -0.25) is 29.6 Å². The number of halogens is 2. The maximum absolute atomic E-state index is 13.4. The van der Waals surface area contributed by atoms with Crippen LogP contribution in [0.15, 0.2) is 73.1 Å². The molecule has 0 bridgehead atoms. The minimum Gasteiger partial charge on any atom is -0.274 e. The second-order valence-electron chi connectivity index (χ2n) is 7.10. The molecule has 4 rings (SSSR count). The van der Waals surface area contributed by atoms with Gasteiger partial charge in [0.2, 0.25) is 5.91 Å². The number of nitrogens with one attached hydrogen (secondary N) is 1. The molecule has 10 heteroatoms. The van der Waals surface area contributed by atoms with Gasteiger partial charge in [-0.25, -0.2) is 9.91 Å². The van der Waals surface area contributed by atoms with Crippen LogP contribution in [-0.2, 0) is 9.59 Å². The Morgan fingerprint density at radius 1 is 1.03 bits per heavy atom. The Kier molecular flexibility index (Phi) is 6.39. The highest BCUT2D eigenvalue weighted by Gasteiger charge is 2.45. The first-order valence-electron chi connectivity index (χ1n) is 9.78. The van der Waals surface area contributed by atoms with E-state index in [1.54, 1.807) is 36.4 Å². The molecular weight excluding hydrogens is 467 g/mol. The number of para-hydroxylation sites is 1. The van der Waals surface area contributed by atoms with E-state index in [0.29, 0.717) is 10.7 Å². The van der Waals surface area contributed by atoms with Crippen LogP contribution in [-0.4, -0.2) is 39.7 Å². The Labute approximate surface area is 198 Å². The van der Waals surface area contributed by atoms with Gasteiger partial charge in [0.25, 0.3) is 17.7 Å². The summed E-state index contributed by atoms with van der Waals surface area (Å²) in [5.74, 6) is -2.61. The standard InChI is InChI=1S/C23H16Cl2N4O4/c24-15-8-9-17(18(25)11-15)22(32)29(27-21(31)14-5-4-10-26-13-14)19-12-20(30)28(23(19)33)16-6-2-1-3-7-16/h1-11,13,19H,12H2,(H,27,31). The van der Waals surface area contributed by atoms with Crippen LogP contribution in [0.4, 0.5) is 5.69 Å². The number of imide groups is 1. The van der Waals surface area contributed by atoms with Gasteiger partial charge in [0.05, 0.1) is 28.3 Å². The third-order valence-electron chi connectivity index (χ3n) is 4.97. The van der Waals surface area contributed by atoms with Gasteiger partial charge in [-0.2, -0.15) is 0 Å². The van der Waals surface area contributed by atoms with Crippen molar-refractivity contribution in [3.63, 3.8) is 0 Å². The molecule has 1 aliphatic rings. The van der Waals surface area contributed by atoms with Gasteiger partial charge in [0.15, 0.2) is 0 Å². The lowest BCUT2D eigenvalue weighted by Gasteiger charge is -2.28. The number of hydrazine groups is 1. The van der Waals surface area contributed by atoms with Crippen molar-refractivity contribution in [2.75, 3.05) is 4.90 Å². The molecule has 1 N–H and O–H groups in total. The zero-order valence-electron chi connectivity index (χ0n) is 16.9. The molecule has 4 amide bonds. The van der Waals surface area contributed by atoms with Gasteiger partial charge in [0.1, 0.15) is 6.04 Å². The molecule has 1 aromatic heterocycles. The summed E-state index contributed by atoms with van der Waals surface area (Å²) in [6.07, 6.45) is 2.48. The van der Waals surface area contributed by atoms with Gasteiger partial charge < -0.3 is 0 Å². The van der Waals surface area contributed by atoms with Crippen molar-refractivity contribution < 1.29 is 19.2 Å². The lowest BCUT2D eigenvalue weighted by atomic mass is 10.1. The summed E-state index contributed by atoms with van der Waals surface area (Å²) < 4.78 is 0. The van der Waals surface area contributed by atoms with Gasteiger partial charge in [0, 0.05) is 17.4 Å². The summed E-state index contributed by atoms with van der Waals surface area (Å²) in [4.78, 5) is 57.1. The van der Waals surface area contributed by atoms with Crippen LogP contribution < -0.4 is 10.3 Å². The van der Waals surface area contributed by atoms with Crippen molar-refractivity contribution in [2.45, 2.75) is 12.5 Å². The maximum Gasteiger partial charge on any atom is 0.274 e. The topological polar surface area (TPSA) is 99.7 Å². The molecule has 0 aliphatic carbocycles. The molecule has 33 heavy (non-hydrogen) atoms. The highest BCUT2D eigenvalue weighted by molar-refractivity contribution is 6.37. The molecule has 3 aromatic rings. The van der Waals surface area contributed by atoms with E-state index in [1.165, 1.54) is 36.7 Å². The van der Waals surface area contributed by atoms with Crippen LogP contribution in [0.2, 0.25) is 10.0 Å². The first kappa shape index (κ1) is 22.4. The molecule has 1 atom stereocenters. The van der Waals surface area contributed by atoms with Crippen molar-refractivity contribution in [1.82, 2.24) is 15.4 Å². The Morgan fingerprint density at radius 3 is 2.45 bits per heavy atom. The number of anilines is 1. The van der Waals surface area contributed by atoms with E-state index in [4.69, 9.17) is 23.2 Å². The molecule has 2 heterocycles. The summed E-state index contributed by atoms with van der Waals surface area (Å²) in [5.41, 5.74) is 2.98. The molecule has 8 nitrogen and oxygen atoms in total. The van der Waals surface area contributed by atoms with Crippen LogP contribution in [0.3, 0.4) is 0 Å². The Bertz CT molecular complexity index is 1240. The molecule has 166 valence electrons. The SMILES string of the molecule is O=C(NN(C(=O)c1ccc(Cl)cc1Cl)C1CC(=O)N(c2ccccc2)C1=O)c1cccnc1. The number of hydrogen-bond acceptors (Lipinski definition) is 5. The zero-order valence-corrected chi connectivity index (χ0v) is 18.5. The molecule has 1 unspecified atom stereocenters. The van der Waals surface area contributed by atoms with E-state index in [2.05, 4.69) is 10.4 Å². The van der Waals surface area contributed by atoms with E-state index < -0.39 is 29.7 Å². The molecule has 1 fully saturated rings. The number of benzene rings is 2. The average Bonchev–Trinajstić information content (AvgIpc) is 3.11. The van der Waals surface area contributed by atoms with Gasteiger partial charge in [-0.1, -0.05) is 41.4 Å². The summed E-state index contributed by atoms with van der Waals surface area (Å²) in [6, 6.07) is 14.3. The van der Waals surface area contributed by atoms with Crippen LogP contribution in [0.5, 0.6) is 0 Å². The fraction of sp³-hybridized carbons (Fsp3) is 0.0870. The van der Waals surface area contributed by atoms with Gasteiger partial charge >= 0.3 is 0 Å². The van der Waals surface area contributed by atoms with Gasteiger partial charge in [-0.15, -0.1) is 0 Å². The highest BCUT2D eigenvalue weighted by atomic mass is 35.5. The van der Waals surface area contributed by atoms with Gasteiger partial charge in [-0.05, 0) is 42.5 Å². The van der Waals surface area contributed by atoms with Crippen LogP contribution in [0, 0.1) is 0 Å². The molecule has 1 saturated heterocycles. The van der Waals surface area contributed by atoms with E-state index in [-0.39, 0.29) is 22.6 Å². The molecule has 0 saturated carbocycles. The number of nitrogens with zero attached hydrogens (tertiary/aromatic N) is 3. The summed E-state index contributed by atoms with van der Waals surface area (Å²) in [7, 11) is 0. The predicted octanol–water partition coefficient (Wildman–Crippen LogP) is 3.51. The van der Waals surface area contributed by atoms with Crippen molar-refractivity contribution in [3.8, 4) is 0 Å². The van der Waals surface area contributed by atoms with Crippen molar-refractivity contribution in [2.24, 2.45) is 0 Å². The summed E-state index contributed by atoms with van der Waals surface area (Å²) in [6.45, 7) is 0. The smallest absolute Gasteiger partial charge is 0.274 e. The first-order chi connectivity index (χ1) is 15.9. The molecule has 0 radical (unpaired) electrons. The number of carbonyl (C=O) groups is 4. The van der Waals surface area contributed by atoms with Crippen LogP contribution >= 0.6 is 23.2 Å². The van der Waals surface area contributed by atoms with E-state index >= 15 is 0 Å². The number of pyridine rings is 1. The van der Waals surface area contributed by atoms with Crippen molar-refractivity contribution >= 4 is 52.5 Å². The van der Waals surface area contributed by atoms with E-state index in [0.717, 1.165) is 9.91 Å². The molecule has 2 aromatic carbocycles. The second-order valence-corrected chi connectivity index (χ2v) is 7.95. The predicted molar refractivity (Wildman–Crippen MR) is 122 cm³/mol. The Morgan fingerprint density at radius 2 is 1.79 bits per heavy atom. The number of amides is 4. The third kappa shape index (κ3) is 4.57. The lowest BCUT2D eigenvalue weighted by molar-refractivity contribution is -0.122. The fourth-order valence-electron chi connectivity index (χ4n) is 3.40. The molecule has 1 aliphatic heterocycles. The summed E-state index contributed by atoms with van der Waals surface area (Å²) in [5, 5.41) is 1.18. The zero-order chi connectivity index (χ0) is 23.5. The monoisotopic (exact) mass is 482 g/mol. The van der Waals surface area contributed by atoms with Crippen LogP contribution in [0.1, 0.15) is 27.1 Å². The Balaban J connectivity index is 1.71. The minimum absolute atomic E-state index is 0.00552. The van der Waals surface area contributed by atoms with Crippen molar-refractivity contribution in [1.29, 1.82) is 0 Å². The first-order valence-corrected chi connectivity index (χ1v) is 10.5. The normalized spacial score (nSPS) is 15.5. The Hall–Kier alpha value is -3.75. The highest BCUT2D eigenvalue weighted by Crippen LogP contribution is 2.28. The fourth-order valence-corrected chi connectivity index (χ4v) is 3.89. The maximum atomic E-state index is 13.4. The number of aromatic nitrogens is 1. The minimum atomic E-state index is -1.28. The van der Waals surface area contributed by atoms with E-state index in [1.807, 2.05) is 0 Å². The molecular formula is C23H16Cl2N4O4. The number of rotatable bonds is 4. The van der Waals surface area contributed by atoms with Crippen LogP contribution in [0.25, 0.3) is 0 Å².